The number of fused-ring (bicyclic) bond motifs is 1. The molecule has 0 unspecified atom stereocenters. The third-order valence-electron chi connectivity index (χ3n) is 3.10. The minimum absolute atomic E-state index is 0.231. The number of phenolic OH excluding ortho intramolecular Hbond substituents is 1. The molecule has 2 aromatic carbocycles. The molecule has 1 aromatic heterocycles. The molecule has 0 saturated heterocycles. The second-order valence-corrected chi connectivity index (χ2v) is 4.65. The van der Waals surface area contributed by atoms with Crippen LogP contribution in [0.25, 0.3) is 10.9 Å². The molecule has 98 valence electrons. The predicted octanol–water partition coefficient (Wildman–Crippen LogP) is 4.00. The molecule has 0 bridgehead atoms. The summed E-state index contributed by atoms with van der Waals surface area (Å²) in [5, 5.41) is 10.7. The Morgan fingerprint density at radius 3 is 2.75 bits per heavy atom. The highest BCUT2D eigenvalue weighted by molar-refractivity contribution is 5.87. The minimum Gasteiger partial charge on any atom is -0.507 e. The number of pyridine rings is 1. The zero-order chi connectivity index (χ0) is 13.9. The van der Waals surface area contributed by atoms with Gasteiger partial charge in [-0.2, -0.15) is 0 Å². The number of benzene rings is 2. The average molecular weight is 262 g/mol. The lowest BCUT2D eigenvalue weighted by molar-refractivity contribution is 0.474. The van der Waals surface area contributed by atoms with E-state index in [-0.39, 0.29) is 5.75 Å². The third kappa shape index (κ3) is 2.52. The fourth-order valence-electron chi connectivity index (χ4n) is 2.04. The fraction of sp³-hybridized carbons (Fsp3) is 0.0588. The van der Waals surface area contributed by atoms with Gasteiger partial charge in [-0.25, -0.2) is 0 Å². The van der Waals surface area contributed by atoms with E-state index in [1.165, 1.54) is 0 Å². The van der Waals surface area contributed by atoms with Gasteiger partial charge in [-0.15, -0.1) is 0 Å². The second-order valence-electron chi connectivity index (χ2n) is 4.65. The molecule has 0 fully saturated rings. The minimum atomic E-state index is 0.231. The van der Waals surface area contributed by atoms with E-state index in [0.717, 1.165) is 22.3 Å². The molecule has 0 aliphatic heterocycles. The van der Waals surface area contributed by atoms with Gasteiger partial charge in [-0.3, -0.25) is 9.98 Å². The number of aromatic hydroxyl groups is 1. The van der Waals surface area contributed by atoms with Gasteiger partial charge in [-0.1, -0.05) is 18.2 Å². The molecule has 3 rings (SSSR count). The van der Waals surface area contributed by atoms with Crippen molar-refractivity contribution in [1.82, 2.24) is 4.98 Å². The topological polar surface area (TPSA) is 45.5 Å². The van der Waals surface area contributed by atoms with Crippen LogP contribution in [0.15, 0.2) is 59.6 Å². The molecule has 0 amide bonds. The van der Waals surface area contributed by atoms with E-state index in [1.54, 1.807) is 18.3 Å². The van der Waals surface area contributed by atoms with Crippen LogP contribution in [-0.4, -0.2) is 16.3 Å². The van der Waals surface area contributed by atoms with Crippen LogP contribution >= 0.6 is 0 Å². The first-order valence-electron chi connectivity index (χ1n) is 6.42. The normalized spacial score (nSPS) is 11.2. The number of phenols is 1. The number of nitrogens with zero attached hydrogens (tertiary/aromatic N) is 2. The van der Waals surface area contributed by atoms with Gasteiger partial charge in [0.15, 0.2) is 0 Å². The molecule has 0 saturated carbocycles. The van der Waals surface area contributed by atoms with Gasteiger partial charge in [-0.05, 0) is 43.3 Å². The number of hydrogen-bond acceptors (Lipinski definition) is 3. The Morgan fingerprint density at radius 1 is 1.05 bits per heavy atom. The Bertz CT molecular complexity index is 794. The molecule has 1 N–H and O–H groups in total. The van der Waals surface area contributed by atoms with Crippen LogP contribution < -0.4 is 0 Å². The Hall–Kier alpha value is -2.68. The molecule has 3 heteroatoms. The first-order chi connectivity index (χ1) is 9.72. The van der Waals surface area contributed by atoms with Crippen LogP contribution in [0, 0.1) is 6.92 Å². The lowest BCUT2D eigenvalue weighted by Crippen LogP contribution is -1.83. The van der Waals surface area contributed by atoms with Crippen molar-refractivity contribution in [2.45, 2.75) is 6.92 Å². The molecular formula is C17H14N2O. The molecule has 0 radical (unpaired) electrons. The summed E-state index contributed by atoms with van der Waals surface area (Å²) in [6.07, 6.45) is 1.66. The van der Waals surface area contributed by atoms with E-state index >= 15 is 0 Å². The Labute approximate surface area is 117 Å². The molecule has 3 nitrogen and oxygen atoms in total. The van der Waals surface area contributed by atoms with Gasteiger partial charge < -0.3 is 5.11 Å². The number of rotatable bonds is 2. The molecule has 0 atom stereocenters. The number of para-hydroxylation sites is 1. The predicted molar refractivity (Wildman–Crippen MR) is 81.8 cm³/mol. The van der Waals surface area contributed by atoms with Gasteiger partial charge in [0.2, 0.25) is 0 Å². The zero-order valence-corrected chi connectivity index (χ0v) is 11.1. The summed E-state index contributed by atoms with van der Waals surface area (Å²) in [5.41, 5.74) is 3.51. The zero-order valence-electron chi connectivity index (χ0n) is 11.1. The highest BCUT2D eigenvalue weighted by Gasteiger charge is 1.98. The maximum atomic E-state index is 9.69. The van der Waals surface area contributed by atoms with Gasteiger partial charge in [0.05, 0.1) is 11.2 Å². The van der Waals surface area contributed by atoms with Gasteiger partial charge in [0.1, 0.15) is 5.75 Å². The molecule has 20 heavy (non-hydrogen) atoms. The van der Waals surface area contributed by atoms with Crippen molar-refractivity contribution in [2.24, 2.45) is 4.99 Å². The van der Waals surface area contributed by atoms with E-state index in [0.29, 0.717) is 5.56 Å². The van der Waals surface area contributed by atoms with Crippen molar-refractivity contribution in [3.8, 4) is 5.75 Å². The highest BCUT2D eigenvalue weighted by Crippen LogP contribution is 2.21. The second kappa shape index (κ2) is 5.13. The number of hydrogen-bond donors (Lipinski definition) is 1. The summed E-state index contributed by atoms with van der Waals surface area (Å²) in [4.78, 5) is 8.85. The lowest BCUT2D eigenvalue weighted by atomic mass is 10.2. The Kier molecular flexibility index (Phi) is 3.17. The summed E-state index contributed by atoms with van der Waals surface area (Å²) in [7, 11) is 0. The van der Waals surface area contributed by atoms with Crippen LogP contribution in [0.3, 0.4) is 0 Å². The summed E-state index contributed by atoms with van der Waals surface area (Å²) < 4.78 is 0. The Morgan fingerprint density at radius 2 is 1.90 bits per heavy atom. The third-order valence-corrected chi connectivity index (χ3v) is 3.10. The average Bonchev–Trinajstić information content (AvgIpc) is 2.46. The van der Waals surface area contributed by atoms with E-state index in [9.17, 15) is 5.11 Å². The van der Waals surface area contributed by atoms with E-state index < -0.39 is 0 Å². The SMILES string of the molecule is Cc1ccc2cc(N=Cc3ccccc3O)ccc2n1. The van der Waals surface area contributed by atoms with Crippen LogP contribution in [0.1, 0.15) is 11.3 Å². The van der Waals surface area contributed by atoms with Gasteiger partial charge in [0, 0.05) is 22.9 Å². The molecule has 0 aliphatic rings. The van der Waals surface area contributed by atoms with Crippen molar-refractivity contribution in [3.63, 3.8) is 0 Å². The molecule has 0 aliphatic carbocycles. The van der Waals surface area contributed by atoms with Crippen molar-refractivity contribution in [2.75, 3.05) is 0 Å². The standard InChI is InChI=1S/C17H14N2O/c1-12-6-7-13-10-15(8-9-16(13)19-12)18-11-14-4-2-3-5-17(14)20/h2-11,20H,1H3. The number of aryl methyl sites for hydroxylation is 1. The quantitative estimate of drug-likeness (QED) is 0.709. The fourth-order valence-corrected chi connectivity index (χ4v) is 2.04. The van der Waals surface area contributed by atoms with Gasteiger partial charge in [0.25, 0.3) is 0 Å². The summed E-state index contributed by atoms with van der Waals surface area (Å²) in [6, 6.07) is 17.0. The first-order valence-corrected chi connectivity index (χ1v) is 6.42. The Balaban J connectivity index is 1.95. The largest absolute Gasteiger partial charge is 0.507 e. The van der Waals surface area contributed by atoms with Crippen molar-refractivity contribution in [3.05, 3.63) is 65.9 Å². The van der Waals surface area contributed by atoms with Crippen LogP contribution in [0.2, 0.25) is 0 Å². The maximum absolute atomic E-state index is 9.69. The van der Waals surface area contributed by atoms with Crippen molar-refractivity contribution < 1.29 is 5.11 Å². The first kappa shape index (κ1) is 12.4. The van der Waals surface area contributed by atoms with Gasteiger partial charge >= 0.3 is 0 Å². The molecule has 3 aromatic rings. The monoisotopic (exact) mass is 262 g/mol. The van der Waals surface area contributed by atoms with E-state index in [4.69, 9.17) is 0 Å². The lowest BCUT2D eigenvalue weighted by Gasteiger charge is -2.01. The number of aliphatic imine (C=N–C) groups is 1. The smallest absolute Gasteiger partial charge is 0.124 e. The summed E-state index contributed by atoms with van der Waals surface area (Å²) in [5.74, 6) is 0.231. The molecular weight excluding hydrogens is 248 g/mol. The van der Waals surface area contributed by atoms with E-state index in [2.05, 4.69) is 9.98 Å². The van der Waals surface area contributed by atoms with E-state index in [1.807, 2.05) is 49.4 Å². The highest BCUT2D eigenvalue weighted by atomic mass is 16.3. The maximum Gasteiger partial charge on any atom is 0.124 e. The summed E-state index contributed by atoms with van der Waals surface area (Å²) >= 11 is 0. The molecule has 0 spiro atoms. The van der Waals surface area contributed by atoms with Crippen LogP contribution in [0.5, 0.6) is 5.75 Å². The van der Waals surface area contributed by atoms with Crippen molar-refractivity contribution >= 4 is 22.8 Å². The molecule has 1 heterocycles. The van der Waals surface area contributed by atoms with Crippen LogP contribution in [-0.2, 0) is 0 Å². The summed E-state index contributed by atoms with van der Waals surface area (Å²) in [6.45, 7) is 1.98. The number of aromatic nitrogens is 1. The van der Waals surface area contributed by atoms with Crippen molar-refractivity contribution in [1.29, 1.82) is 0 Å². The van der Waals surface area contributed by atoms with Crippen LogP contribution in [0.4, 0.5) is 5.69 Å².